The van der Waals surface area contributed by atoms with E-state index in [-0.39, 0.29) is 30.3 Å². The Bertz CT molecular complexity index is 250. The Morgan fingerprint density at radius 1 is 1.46 bits per heavy atom. The predicted molar refractivity (Wildman–Crippen MR) is 51.3 cm³/mol. The van der Waals surface area contributed by atoms with Crippen molar-refractivity contribution < 1.29 is 13.2 Å². The summed E-state index contributed by atoms with van der Waals surface area (Å²) < 4.78 is 28.1. The van der Waals surface area contributed by atoms with Crippen LogP contribution in [0.2, 0.25) is 0 Å². The van der Waals surface area contributed by atoms with Crippen LogP contribution in [0.5, 0.6) is 0 Å². The van der Waals surface area contributed by atoms with Crippen LogP contribution in [-0.4, -0.2) is 38.7 Å². The minimum absolute atomic E-state index is 0.0707. The highest BCUT2D eigenvalue weighted by atomic mass is 32.2. The Labute approximate surface area is 79.4 Å². The fourth-order valence-corrected chi connectivity index (χ4v) is 2.89. The number of sulfone groups is 1. The van der Waals surface area contributed by atoms with Crippen LogP contribution in [-0.2, 0) is 14.6 Å². The first-order chi connectivity index (χ1) is 6.03. The fourth-order valence-electron chi connectivity index (χ4n) is 1.55. The summed E-state index contributed by atoms with van der Waals surface area (Å²) in [6.07, 6.45) is 1.91. The van der Waals surface area contributed by atoms with Gasteiger partial charge in [-0.3, -0.25) is 0 Å². The van der Waals surface area contributed by atoms with Crippen molar-refractivity contribution in [2.75, 3.05) is 18.1 Å². The summed E-state index contributed by atoms with van der Waals surface area (Å²) in [5.74, 6) is 0.204. The van der Waals surface area contributed by atoms with E-state index in [1.165, 1.54) is 0 Å². The largest absolute Gasteiger partial charge is 0.374 e. The van der Waals surface area contributed by atoms with Crippen LogP contribution in [0.4, 0.5) is 0 Å². The second kappa shape index (κ2) is 4.39. The molecule has 0 amide bonds. The van der Waals surface area contributed by atoms with E-state index in [0.29, 0.717) is 0 Å². The Kier molecular flexibility index (Phi) is 3.70. The smallest absolute Gasteiger partial charge is 0.154 e. The summed E-state index contributed by atoms with van der Waals surface area (Å²) in [6.45, 7) is 2.17. The molecule has 1 aliphatic rings. The minimum Gasteiger partial charge on any atom is -0.374 e. The lowest BCUT2D eigenvalue weighted by Gasteiger charge is -2.10. The lowest BCUT2D eigenvalue weighted by molar-refractivity contribution is 0.0690. The van der Waals surface area contributed by atoms with Gasteiger partial charge in [-0.25, -0.2) is 8.42 Å². The van der Waals surface area contributed by atoms with Gasteiger partial charge in [0.1, 0.15) is 0 Å². The highest BCUT2D eigenvalue weighted by Crippen LogP contribution is 2.20. The molecule has 0 aliphatic carbocycles. The lowest BCUT2D eigenvalue weighted by atomic mass is 10.2. The molecule has 0 saturated carbocycles. The standard InChI is InChI=1S/C8H17NO3S/c1-7-2-3-8(12-7)6-13(10,11)5-4-9/h7-8H,2-6,9H2,1H3. The first-order valence-corrected chi connectivity index (χ1v) is 6.41. The van der Waals surface area contributed by atoms with Gasteiger partial charge >= 0.3 is 0 Å². The van der Waals surface area contributed by atoms with E-state index in [0.717, 1.165) is 12.8 Å². The summed E-state index contributed by atoms with van der Waals surface area (Å²) in [7, 11) is -2.99. The van der Waals surface area contributed by atoms with E-state index < -0.39 is 9.84 Å². The maximum atomic E-state index is 11.3. The van der Waals surface area contributed by atoms with Gasteiger partial charge in [0.05, 0.1) is 23.7 Å². The molecule has 4 nitrogen and oxygen atoms in total. The summed E-state index contributed by atoms with van der Waals surface area (Å²) in [6, 6.07) is 0. The Hall–Kier alpha value is -0.130. The van der Waals surface area contributed by atoms with Crippen molar-refractivity contribution in [3.63, 3.8) is 0 Å². The van der Waals surface area contributed by atoms with Crippen molar-refractivity contribution >= 4 is 9.84 Å². The number of rotatable bonds is 4. The summed E-state index contributed by atoms with van der Waals surface area (Å²) >= 11 is 0. The summed E-state index contributed by atoms with van der Waals surface area (Å²) in [5, 5.41) is 0. The van der Waals surface area contributed by atoms with Crippen molar-refractivity contribution in [1.82, 2.24) is 0 Å². The van der Waals surface area contributed by atoms with Gasteiger partial charge in [0.25, 0.3) is 0 Å². The van der Waals surface area contributed by atoms with E-state index in [2.05, 4.69) is 0 Å². The Morgan fingerprint density at radius 2 is 2.15 bits per heavy atom. The molecule has 1 fully saturated rings. The molecule has 0 bridgehead atoms. The molecule has 5 heteroatoms. The molecule has 2 unspecified atom stereocenters. The molecule has 0 spiro atoms. The van der Waals surface area contributed by atoms with E-state index in [1.807, 2.05) is 6.92 Å². The van der Waals surface area contributed by atoms with Crippen LogP contribution in [0.25, 0.3) is 0 Å². The van der Waals surface area contributed by atoms with Crippen LogP contribution in [0, 0.1) is 0 Å². The molecule has 1 saturated heterocycles. The molecule has 1 rings (SSSR count). The Morgan fingerprint density at radius 3 is 2.62 bits per heavy atom. The van der Waals surface area contributed by atoms with Crippen molar-refractivity contribution in [1.29, 1.82) is 0 Å². The molecule has 78 valence electrons. The maximum Gasteiger partial charge on any atom is 0.154 e. The van der Waals surface area contributed by atoms with E-state index in [1.54, 1.807) is 0 Å². The van der Waals surface area contributed by atoms with Gasteiger partial charge in [0.15, 0.2) is 9.84 Å². The monoisotopic (exact) mass is 207 g/mol. The van der Waals surface area contributed by atoms with Gasteiger partial charge in [-0.2, -0.15) is 0 Å². The first kappa shape index (κ1) is 10.9. The van der Waals surface area contributed by atoms with Gasteiger partial charge in [-0.15, -0.1) is 0 Å². The predicted octanol–water partition coefficient (Wildman–Crippen LogP) is -0.0726. The molecule has 2 N–H and O–H groups in total. The molecule has 13 heavy (non-hydrogen) atoms. The number of nitrogens with two attached hydrogens (primary N) is 1. The second-order valence-electron chi connectivity index (χ2n) is 3.55. The SMILES string of the molecule is CC1CCC(CS(=O)(=O)CCN)O1. The third-order valence-corrected chi connectivity index (χ3v) is 3.93. The molecule has 1 aliphatic heterocycles. The molecule has 0 aromatic carbocycles. The highest BCUT2D eigenvalue weighted by Gasteiger charge is 2.26. The van der Waals surface area contributed by atoms with E-state index in [4.69, 9.17) is 10.5 Å². The lowest BCUT2D eigenvalue weighted by Crippen LogP contribution is -2.26. The van der Waals surface area contributed by atoms with Gasteiger partial charge in [0, 0.05) is 6.54 Å². The summed E-state index contributed by atoms with van der Waals surface area (Å²) in [5.41, 5.74) is 5.20. The van der Waals surface area contributed by atoms with E-state index >= 15 is 0 Å². The normalized spacial score (nSPS) is 29.4. The highest BCUT2D eigenvalue weighted by molar-refractivity contribution is 7.91. The topological polar surface area (TPSA) is 69.4 Å². The molecule has 0 aromatic rings. The van der Waals surface area contributed by atoms with Crippen LogP contribution >= 0.6 is 0 Å². The van der Waals surface area contributed by atoms with Crippen LogP contribution in [0.3, 0.4) is 0 Å². The minimum atomic E-state index is -2.99. The number of hydrogen-bond donors (Lipinski definition) is 1. The van der Waals surface area contributed by atoms with Crippen molar-refractivity contribution in [3.8, 4) is 0 Å². The maximum absolute atomic E-state index is 11.3. The zero-order chi connectivity index (χ0) is 9.90. The first-order valence-electron chi connectivity index (χ1n) is 4.59. The van der Waals surface area contributed by atoms with E-state index in [9.17, 15) is 8.42 Å². The molecule has 0 radical (unpaired) electrons. The number of hydrogen-bond acceptors (Lipinski definition) is 4. The third kappa shape index (κ3) is 3.62. The van der Waals surface area contributed by atoms with Crippen LogP contribution < -0.4 is 5.73 Å². The quantitative estimate of drug-likeness (QED) is 0.700. The van der Waals surface area contributed by atoms with Gasteiger partial charge in [-0.05, 0) is 19.8 Å². The average molecular weight is 207 g/mol. The van der Waals surface area contributed by atoms with Gasteiger partial charge < -0.3 is 10.5 Å². The molecular weight excluding hydrogens is 190 g/mol. The molecule has 0 aromatic heterocycles. The second-order valence-corrected chi connectivity index (χ2v) is 5.78. The van der Waals surface area contributed by atoms with Crippen molar-refractivity contribution in [3.05, 3.63) is 0 Å². The zero-order valence-corrected chi connectivity index (χ0v) is 8.72. The molecule has 1 heterocycles. The average Bonchev–Trinajstić information content (AvgIpc) is 2.34. The van der Waals surface area contributed by atoms with Crippen molar-refractivity contribution in [2.45, 2.75) is 32.0 Å². The van der Waals surface area contributed by atoms with Crippen LogP contribution in [0.1, 0.15) is 19.8 Å². The number of ether oxygens (including phenoxy) is 1. The van der Waals surface area contributed by atoms with Crippen LogP contribution in [0.15, 0.2) is 0 Å². The van der Waals surface area contributed by atoms with Crippen molar-refractivity contribution in [2.24, 2.45) is 5.73 Å². The summed E-state index contributed by atoms with van der Waals surface area (Å²) in [4.78, 5) is 0. The van der Waals surface area contributed by atoms with Gasteiger partial charge in [0.2, 0.25) is 0 Å². The zero-order valence-electron chi connectivity index (χ0n) is 7.90. The van der Waals surface area contributed by atoms with Gasteiger partial charge in [-0.1, -0.05) is 0 Å². The molecular formula is C8H17NO3S. The Balaban J connectivity index is 2.40. The third-order valence-electron chi connectivity index (χ3n) is 2.19. The fraction of sp³-hybridized carbons (Fsp3) is 1.00. The molecule has 2 atom stereocenters.